The van der Waals surface area contributed by atoms with Crippen molar-refractivity contribution in [3.63, 3.8) is 0 Å². The summed E-state index contributed by atoms with van der Waals surface area (Å²) in [6.07, 6.45) is 2.82. The third-order valence-corrected chi connectivity index (χ3v) is 3.51. The first kappa shape index (κ1) is 22.1. The molecule has 0 radical (unpaired) electrons. The number of ether oxygens (including phenoxy) is 1. The maximum Gasteiger partial charge on any atom is 0.219 e. The molecule has 1 aromatic carbocycles. The highest BCUT2D eigenvalue weighted by Crippen LogP contribution is 2.19. The van der Waals surface area contributed by atoms with Crippen molar-refractivity contribution in [2.75, 3.05) is 13.6 Å². The number of guanidine groups is 1. The summed E-state index contributed by atoms with van der Waals surface area (Å²) in [5, 5.41) is 6.52. The second-order valence-electron chi connectivity index (χ2n) is 6.10. The van der Waals surface area contributed by atoms with Crippen LogP contribution >= 0.6 is 24.0 Å². The van der Waals surface area contributed by atoms with Gasteiger partial charge in [0, 0.05) is 38.5 Å². The van der Waals surface area contributed by atoms with Gasteiger partial charge < -0.3 is 15.4 Å². The lowest BCUT2D eigenvalue weighted by molar-refractivity contribution is 0.457. The predicted octanol–water partition coefficient (Wildman–Crippen LogP) is 4.34. The van der Waals surface area contributed by atoms with Gasteiger partial charge in [-0.2, -0.15) is 0 Å². The highest BCUT2D eigenvalue weighted by molar-refractivity contribution is 14.0. The van der Waals surface area contributed by atoms with Gasteiger partial charge >= 0.3 is 0 Å². The van der Waals surface area contributed by atoms with Crippen LogP contribution in [0.15, 0.2) is 47.6 Å². The van der Waals surface area contributed by atoms with Crippen LogP contribution in [-0.2, 0) is 6.54 Å². The zero-order valence-corrected chi connectivity index (χ0v) is 17.7. The number of aromatic nitrogens is 1. The van der Waals surface area contributed by atoms with E-state index >= 15 is 0 Å². The van der Waals surface area contributed by atoms with Gasteiger partial charge in [-0.15, -0.1) is 24.0 Å². The lowest BCUT2D eigenvalue weighted by Crippen LogP contribution is -2.37. The average molecular weight is 472 g/mol. The summed E-state index contributed by atoms with van der Waals surface area (Å²) in [4.78, 5) is 8.44. The molecule has 0 aliphatic carbocycles. The minimum Gasteiger partial charge on any atom is -0.439 e. The topological polar surface area (TPSA) is 58.5 Å². The normalized spacial score (nSPS) is 11.0. The van der Waals surface area contributed by atoms with E-state index in [0.717, 1.165) is 24.5 Å². The monoisotopic (exact) mass is 472 g/mol. The molecule has 0 saturated carbocycles. The average Bonchev–Trinajstić information content (AvgIpc) is 2.59. The van der Waals surface area contributed by atoms with Gasteiger partial charge in [0.05, 0.1) is 0 Å². The summed E-state index contributed by atoms with van der Waals surface area (Å²) in [5.41, 5.74) is 0.999. The van der Waals surface area contributed by atoms with Crippen LogP contribution in [0.3, 0.4) is 0 Å². The number of nitrogens with zero attached hydrogens (tertiary/aromatic N) is 2. The molecule has 0 bridgehead atoms. The van der Waals surface area contributed by atoms with Gasteiger partial charge in [-0.1, -0.05) is 26.0 Å². The van der Waals surface area contributed by atoms with Gasteiger partial charge in [0.2, 0.25) is 5.88 Å². The molecule has 2 aromatic rings. The Kier molecular flexibility index (Phi) is 9.93. The van der Waals surface area contributed by atoms with E-state index in [1.54, 1.807) is 31.4 Å². The molecule has 26 heavy (non-hydrogen) atoms. The molecule has 0 unspecified atom stereocenters. The molecule has 2 rings (SSSR count). The van der Waals surface area contributed by atoms with Crippen LogP contribution in [0.1, 0.15) is 25.8 Å². The Morgan fingerprint density at radius 1 is 1.23 bits per heavy atom. The zero-order valence-electron chi connectivity index (χ0n) is 15.3. The molecule has 0 saturated heterocycles. The second kappa shape index (κ2) is 11.7. The number of hydrogen-bond donors (Lipinski definition) is 2. The van der Waals surface area contributed by atoms with Gasteiger partial charge in [-0.25, -0.2) is 9.37 Å². The summed E-state index contributed by atoms with van der Waals surface area (Å²) >= 11 is 0. The Balaban J connectivity index is 0.00000338. The highest BCUT2D eigenvalue weighted by Gasteiger charge is 2.02. The van der Waals surface area contributed by atoms with Crippen LogP contribution < -0.4 is 15.4 Å². The maximum atomic E-state index is 13.2. The number of pyridine rings is 1. The van der Waals surface area contributed by atoms with E-state index in [4.69, 9.17) is 4.74 Å². The van der Waals surface area contributed by atoms with Crippen LogP contribution in [0.2, 0.25) is 0 Å². The van der Waals surface area contributed by atoms with Crippen LogP contribution in [0.5, 0.6) is 11.6 Å². The standard InChI is InChI=1S/C19H25FN4O.HI/c1-14(2)9-10-22-19(21-3)24-13-15-7-8-18(23-12-15)25-17-6-4-5-16(20)11-17;/h4-8,11-12,14H,9-10,13H2,1-3H3,(H2,21,22,24);1H. The molecular weight excluding hydrogens is 446 g/mol. The molecule has 142 valence electrons. The number of benzene rings is 1. The Labute approximate surface area is 171 Å². The molecule has 1 heterocycles. The van der Waals surface area contributed by atoms with Crippen molar-refractivity contribution in [2.24, 2.45) is 10.9 Å². The van der Waals surface area contributed by atoms with Crippen LogP contribution in [0.25, 0.3) is 0 Å². The van der Waals surface area contributed by atoms with Crippen molar-refractivity contribution in [3.05, 3.63) is 54.0 Å². The first-order chi connectivity index (χ1) is 12.1. The van der Waals surface area contributed by atoms with Gasteiger partial charge in [0.1, 0.15) is 11.6 Å². The number of aliphatic imine (C=N–C) groups is 1. The fourth-order valence-corrected chi connectivity index (χ4v) is 2.11. The molecule has 0 aliphatic heterocycles. The van der Waals surface area contributed by atoms with Crippen molar-refractivity contribution in [2.45, 2.75) is 26.8 Å². The molecule has 2 N–H and O–H groups in total. The molecule has 0 atom stereocenters. The lowest BCUT2D eigenvalue weighted by Gasteiger charge is -2.13. The number of nitrogens with one attached hydrogen (secondary N) is 2. The summed E-state index contributed by atoms with van der Waals surface area (Å²) in [5.74, 6) is 1.93. The predicted molar refractivity (Wildman–Crippen MR) is 114 cm³/mol. The fourth-order valence-electron chi connectivity index (χ4n) is 2.11. The molecule has 7 heteroatoms. The molecular formula is C19H26FIN4O. The third-order valence-electron chi connectivity index (χ3n) is 3.51. The van der Waals surface area contributed by atoms with E-state index in [1.807, 2.05) is 6.07 Å². The Hall–Kier alpha value is -1.90. The van der Waals surface area contributed by atoms with Crippen LogP contribution in [-0.4, -0.2) is 24.5 Å². The van der Waals surface area contributed by atoms with Crippen molar-refractivity contribution in [1.82, 2.24) is 15.6 Å². The van der Waals surface area contributed by atoms with Crippen molar-refractivity contribution in [3.8, 4) is 11.6 Å². The van der Waals surface area contributed by atoms with E-state index in [1.165, 1.54) is 12.1 Å². The summed E-state index contributed by atoms with van der Waals surface area (Å²) < 4.78 is 18.7. The molecule has 0 fully saturated rings. The molecule has 0 spiro atoms. The van der Waals surface area contributed by atoms with Gasteiger partial charge in [0.25, 0.3) is 0 Å². The number of halogens is 2. The second-order valence-corrected chi connectivity index (χ2v) is 6.10. The van der Waals surface area contributed by atoms with E-state index in [0.29, 0.717) is 24.1 Å². The quantitative estimate of drug-likeness (QED) is 0.358. The van der Waals surface area contributed by atoms with E-state index in [9.17, 15) is 4.39 Å². The van der Waals surface area contributed by atoms with E-state index < -0.39 is 0 Å². The van der Waals surface area contributed by atoms with Crippen LogP contribution in [0, 0.1) is 11.7 Å². The fraction of sp³-hybridized carbons (Fsp3) is 0.368. The van der Waals surface area contributed by atoms with Gasteiger partial charge in [-0.3, -0.25) is 4.99 Å². The Bertz CT molecular complexity index is 692. The first-order valence-electron chi connectivity index (χ1n) is 8.39. The Morgan fingerprint density at radius 3 is 2.65 bits per heavy atom. The summed E-state index contributed by atoms with van der Waals surface area (Å²) in [6.45, 7) is 5.87. The van der Waals surface area contributed by atoms with Crippen molar-refractivity contribution < 1.29 is 9.13 Å². The van der Waals surface area contributed by atoms with Crippen molar-refractivity contribution >= 4 is 29.9 Å². The number of rotatable bonds is 7. The number of hydrogen-bond acceptors (Lipinski definition) is 3. The van der Waals surface area contributed by atoms with E-state index in [-0.39, 0.29) is 29.8 Å². The molecule has 5 nitrogen and oxygen atoms in total. The van der Waals surface area contributed by atoms with Gasteiger partial charge in [0.15, 0.2) is 5.96 Å². The van der Waals surface area contributed by atoms with E-state index in [2.05, 4.69) is 34.5 Å². The maximum absolute atomic E-state index is 13.2. The third kappa shape index (κ3) is 7.99. The minimum absolute atomic E-state index is 0. The summed E-state index contributed by atoms with van der Waals surface area (Å²) in [7, 11) is 1.75. The SMILES string of the molecule is CN=C(NCCC(C)C)NCc1ccc(Oc2cccc(F)c2)nc1.I. The minimum atomic E-state index is -0.338. The first-order valence-corrected chi connectivity index (χ1v) is 8.39. The van der Waals surface area contributed by atoms with Crippen molar-refractivity contribution in [1.29, 1.82) is 0 Å². The lowest BCUT2D eigenvalue weighted by atomic mass is 10.1. The molecule has 1 aromatic heterocycles. The van der Waals surface area contributed by atoms with Crippen LogP contribution in [0.4, 0.5) is 4.39 Å². The smallest absolute Gasteiger partial charge is 0.219 e. The zero-order chi connectivity index (χ0) is 18.1. The Morgan fingerprint density at radius 2 is 2.04 bits per heavy atom. The van der Waals surface area contributed by atoms with Gasteiger partial charge in [-0.05, 0) is 30.0 Å². The largest absolute Gasteiger partial charge is 0.439 e. The highest BCUT2D eigenvalue weighted by atomic mass is 127. The molecule has 0 amide bonds. The summed E-state index contributed by atoms with van der Waals surface area (Å²) in [6, 6.07) is 9.65. The molecule has 0 aliphatic rings.